The molecule has 1 fully saturated rings. The van der Waals surface area contributed by atoms with Crippen LogP contribution in [0.2, 0.25) is 0 Å². The molecule has 1 saturated carbocycles. The zero-order valence-corrected chi connectivity index (χ0v) is 13.4. The van der Waals surface area contributed by atoms with Gasteiger partial charge in [-0.25, -0.2) is 4.98 Å². The second-order valence-corrected chi connectivity index (χ2v) is 5.72. The van der Waals surface area contributed by atoms with Gasteiger partial charge in [-0.05, 0) is 41.8 Å². The fourth-order valence-corrected chi connectivity index (χ4v) is 2.42. The van der Waals surface area contributed by atoms with Crippen LogP contribution in [0, 0.1) is 0 Å². The summed E-state index contributed by atoms with van der Waals surface area (Å²) < 4.78 is 5.91. The number of nitrogens with one attached hydrogen (secondary N) is 1. The fourth-order valence-electron chi connectivity index (χ4n) is 2.09. The molecule has 1 aliphatic rings. The van der Waals surface area contributed by atoms with Gasteiger partial charge in [0.05, 0.1) is 12.2 Å². The lowest BCUT2D eigenvalue weighted by Gasteiger charge is -2.23. The molecule has 0 atom stereocenters. The van der Waals surface area contributed by atoms with Crippen LogP contribution in [0.5, 0.6) is 0 Å². The summed E-state index contributed by atoms with van der Waals surface area (Å²) in [6.45, 7) is 3.90. The van der Waals surface area contributed by atoms with Crippen molar-refractivity contribution >= 4 is 27.7 Å². The van der Waals surface area contributed by atoms with Crippen LogP contribution in [0.4, 0.5) is 5.82 Å². The van der Waals surface area contributed by atoms with Crippen LogP contribution in [0.1, 0.15) is 30.1 Å². The Morgan fingerprint density at radius 1 is 1.60 bits per heavy atom. The minimum Gasteiger partial charge on any atom is -0.383 e. The predicted molar refractivity (Wildman–Crippen MR) is 82.0 cm³/mol. The van der Waals surface area contributed by atoms with E-state index in [0.29, 0.717) is 30.6 Å². The highest BCUT2D eigenvalue weighted by Crippen LogP contribution is 2.29. The van der Waals surface area contributed by atoms with Crippen molar-refractivity contribution in [1.82, 2.24) is 9.88 Å². The summed E-state index contributed by atoms with van der Waals surface area (Å²) in [7, 11) is 1.65. The molecule has 1 N–H and O–H groups in total. The SMILES string of the molecule is CCNc1ncc(Br)cc1C(=O)N(CCOC)C1CC1. The molecule has 2 rings (SSSR count). The summed E-state index contributed by atoms with van der Waals surface area (Å²) in [5, 5.41) is 3.14. The lowest BCUT2D eigenvalue weighted by molar-refractivity contribution is 0.0680. The second kappa shape index (κ2) is 7.04. The quantitative estimate of drug-likeness (QED) is 0.827. The molecule has 0 saturated heterocycles. The number of hydrogen-bond acceptors (Lipinski definition) is 4. The first-order valence-corrected chi connectivity index (χ1v) is 7.66. The van der Waals surface area contributed by atoms with E-state index in [0.717, 1.165) is 23.9 Å². The van der Waals surface area contributed by atoms with Crippen LogP contribution in [-0.4, -0.2) is 48.6 Å². The van der Waals surface area contributed by atoms with E-state index >= 15 is 0 Å². The Balaban J connectivity index is 2.23. The van der Waals surface area contributed by atoms with Crippen molar-refractivity contribution in [3.8, 4) is 0 Å². The molecule has 0 bridgehead atoms. The van der Waals surface area contributed by atoms with Crippen molar-refractivity contribution in [3.05, 3.63) is 22.3 Å². The summed E-state index contributed by atoms with van der Waals surface area (Å²) in [6.07, 6.45) is 3.85. The highest BCUT2D eigenvalue weighted by Gasteiger charge is 2.33. The van der Waals surface area contributed by atoms with Crippen molar-refractivity contribution in [1.29, 1.82) is 0 Å². The number of rotatable bonds is 7. The van der Waals surface area contributed by atoms with Gasteiger partial charge >= 0.3 is 0 Å². The van der Waals surface area contributed by atoms with Gasteiger partial charge in [0.25, 0.3) is 5.91 Å². The van der Waals surface area contributed by atoms with Gasteiger partial charge in [-0.3, -0.25) is 4.79 Å². The van der Waals surface area contributed by atoms with Crippen molar-refractivity contribution in [3.63, 3.8) is 0 Å². The number of anilines is 1. The Morgan fingerprint density at radius 2 is 2.35 bits per heavy atom. The smallest absolute Gasteiger partial charge is 0.257 e. The number of methoxy groups -OCH3 is 1. The van der Waals surface area contributed by atoms with E-state index in [1.165, 1.54) is 0 Å². The number of amides is 1. The Hall–Kier alpha value is -1.14. The first-order chi connectivity index (χ1) is 9.67. The third kappa shape index (κ3) is 3.70. The molecule has 0 spiro atoms. The molecule has 1 heterocycles. The third-order valence-electron chi connectivity index (χ3n) is 3.21. The van der Waals surface area contributed by atoms with Gasteiger partial charge in [-0.1, -0.05) is 0 Å². The molecule has 1 aliphatic carbocycles. The Bertz CT molecular complexity index is 477. The summed E-state index contributed by atoms with van der Waals surface area (Å²) in [5.41, 5.74) is 0.615. The number of halogens is 1. The number of pyridine rings is 1. The monoisotopic (exact) mass is 341 g/mol. The number of hydrogen-bond donors (Lipinski definition) is 1. The van der Waals surface area contributed by atoms with Crippen LogP contribution < -0.4 is 5.32 Å². The summed E-state index contributed by atoms with van der Waals surface area (Å²) in [6, 6.07) is 2.18. The average molecular weight is 342 g/mol. The maximum atomic E-state index is 12.7. The van der Waals surface area contributed by atoms with Crippen LogP contribution in [0.3, 0.4) is 0 Å². The van der Waals surface area contributed by atoms with Crippen LogP contribution in [0.25, 0.3) is 0 Å². The summed E-state index contributed by atoms with van der Waals surface area (Å²) >= 11 is 3.38. The number of carbonyl (C=O) groups excluding carboxylic acids is 1. The zero-order valence-electron chi connectivity index (χ0n) is 11.9. The highest BCUT2D eigenvalue weighted by molar-refractivity contribution is 9.10. The molecular weight excluding hydrogens is 322 g/mol. The molecule has 0 radical (unpaired) electrons. The van der Waals surface area contributed by atoms with E-state index in [-0.39, 0.29) is 5.91 Å². The normalized spacial score (nSPS) is 14.2. The third-order valence-corrected chi connectivity index (χ3v) is 3.65. The number of carbonyl (C=O) groups is 1. The van der Waals surface area contributed by atoms with Crippen LogP contribution in [0.15, 0.2) is 16.7 Å². The van der Waals surface area contributed by atoms with E-state index in [4.69, 9.17) is 4.74 Å². The van der Waals surface area contributed by atoms with E-state index < -0.39 is 0 Å². The molecule has 5 nitrogen and oxygen atoms in total. The van der Waals surface area contributed by atoms with Crippen molar-refractivity contribution in [2.75, 3.05) is 32.1 Å². The maximum Gasteiger partial charge on any atom is 0.257 e. The van der Waals surface area contributed by atoms with Gasteiger partial charge in [0.2, 0.25) is 0 Å². The zero-order chi connectivity index (χ0) is 14.5. The van der Waals surface area contributed by atoms with Gasteiger partial charge < -0.3 is 15.0 Å². The second-order valence-electron chi connectivity index (χ2n) is 4.80. The fraction of sp³-hybridized carbons (Fsp3) is 0.571. The van der Waals surface area contributed by atoms with E-state index in [9.17, 15) is 4.79 Å². The molecule has 1 aromatic rings. The topological polar surface area (TPSA) is 54.5 Å². The van der Waals surface area contributed by atoms with Gasteiger partial charge in [0.15, 0.2) is 0 Å². The highest BCUT2D eigenvalue weighted by atomic mass is 79.9. The van der Waals surface area contributed by atoms with Gasteiger partial charge in [0.1, 0.15) is 5.82 Å². The van der Waals surface area contributed by atoms with Gasteiger partial charge in [-0.2, -0.15) is 0 Å². The lowest BCUT2D eigenvalue weighted by atomic mass is 10.2. The number of ether oxygens (including phenoxy) is 1. The largest absolute Gasteiger partial charge is 0.383 e. The molecule has 1 aromatic heterocycles. The molecule has 20 heavy (non-hydrogen) atoms. The first-order valence-electron chi connectivity index (χ1n) is 6.86. The predicted octanol–water partition coefficient (Wildman–Crippen LogP) is 2.53. The minimum atomic E-state index is 0.0225. The molecule has 0 unspecified atom stereocenters. The van der Waals surface area contributed by atoms with Crippen molar-refractivity contribution in [2.24, 2.45) is 0 Å². The Morgan fingerprint density at radius 3 is 2.95 bits per heavy atom. The molecular formula is C14H20BrN3O2. The Kier molecular flexibility index (Phi) is 5.37. The van der Waals surface area contributed by atoms with Gasteiger partial charge in [-0.15, -0.1) is 0 Å². The minimum absolute atomic E-state index is 0.0225. The molecule has 110 valence electrons. The molecule has 1 amide bonds. The molecule has 0 aliphatic heterocycles. The summed E-state index contributed by atoms with van der Waals surface area (Å²) in [5.74, 6) is 0.665. The van der Waals surface area contributed by atoms with Crippen molar-refractivity contribution < 1.29 is 9.53 Å². The van der Waals surface area contributed by atoms with Crippen molar-refractivity contribution in [2.45, 2.75) is 25.8 Å². The molecule has 0 aromatic carbocycles. The van der Waals surface area contributed by atoms with Gasteiger partial charge in [0, 0.05) is 36.9 Å². The maximum absolute atomic E-state index is 12.7. The standard InChI is InChI=1S/C14H20BrN3O2/c1-3-16-13-12(8-10(15)9-17-13)14(19)18(6-7-20-2)11-4-5-11/h8-9,11H,3-7H2,1-2H3,(H,16,17). The van der Waals surface area contributed by atoms with Crippen LogP contribution in [-0.2, 0) is 4.74 Å². The number of nitrogens with zero attached hydrogens (tertiary/aromatic N) is 2. The van der Waals surface area contributed by atoms with E-state index in [2.05, 4.69) is 26.2 Å². The van der Waals surface area contributed by atoms with E-state index in [1.807, 2.05) is 17.9 Å². The lowest BCUT2D eigenvalue weighted by Crippen LogP contribution is -2.36. The van der Waals surface area contributed by atoms with Crippen LogP contribution >= 0.6 is 15.9 Å². The Labute approximate surface area is 127 Å². The average Bonchev–Trinajstić information content (AvgIpc) is 3.26. The molecule has 6 heteroatoms. The summed E-state index contributed by atoms with van der Waals surface area (Å²) in [4.78, 5) is 18.9. The van der Waals surface area contributed by atoms with E-state index in [1.54, 1.807) is 13.3 Å². The number of aromatic nitrogens is 1. The first kappa shape index (κ1) is 15.3.